The number of sulfonamides is 1. The van der Waals surface area contributed by atoms with Crippen LogP contribution >= 0.6 is 0 Å². The second-order valence-electron chi connectivity index (χ2n) is 6.21. The van der Waals surface area contributed by atoms with Crippen LogP contribution in [0.4, 0.5) is 5.69 Å². The molecule has 1 aromatic carbocycles. The smallest absolute Gasteiger partial charge is 0.262 e. The Bertz CT molecular complexity index is 775. The summed E-state index contributed by atoms with van der Waals surface area (Å²) in [5.74, 6) is 0.542. The zero-order valence-electron chi connectivity index (χ0n) is 14.4. The van der Waals surface area contributed by atoms with E-state index in [1.807, 2.05) is 32.9 Å². The monoisotopic (exact) mass is 335 g/mol. The van der Waals surface area contributed by atoms with Crippen LogP contribution in [-0.4, -0.2) is 18.2 Å². The van der Waals surface area contributed by atoms with Gasteiger partial charge in [0, 0.05) is 6.54 Å². The van der Waals surface area contributed by atoms with Gasteiger partial charge >= 0.3 is 0 Å². The number of anilines is 1. The van der Waals surface area contributed by atoms with Gasteiger partial charge in [-0.1, -0.05) is 26.0 Å². The highest BCUT2D eigenvalue weighted by Crippen LogP contribution is 2.23. The highest BCUT2D eigenvalue weighted by atomic mass is 32.2. The lowest BCUT2D eigenvalue weighted by Gasteiger charge is -2.10. The first-order valence-electron chi connectivity index (χ1n) is 7.90. The van der Waals surface area contributed by atoms with Crippen LogP contribution in [-0.2, 0) is 23.0 Å². The average Bonchev–Trinajstić information content (AvgIpc) is 2.74. The van der Waals surface area contributed by atoms with Crippen molar-refractivity contribution in [2.45, 2.75) is 52.5 Å². The molecule has 0 amide bonds. The predicted molar refractivity (Wildman–Crippen MR) is 93.2 cm³/mol. The lowest BCUT2D eigenvalue weighted by Crippen LogP contribution is -2.14. The van der Waals surface area contributed by atoms with Gasteiger partial charge in [-0.25, -0.2) is 8.42 Å². The molecule has 0 saturated heterocycles. The lowest BCUT2D eigenvalue weighted by molar-refractivity contribution is 0.601. The first kappa shape index (κ1) is 17.5. The maximum absolute atomic E-state index is 12.6. The first-order chi connectivity index (χ1) is 10.7. The largest absolute Gasteiger partial charge is 0.276 e. The van der Waals surface area contributed by atoms with Crippen LogP contribution in [0.3, 0.4) is 0 Å². The molecule has 0 unspecified atom stereocenters. The minimum absolute atomic E-state index is 0.271. The molecule has 126 valence electrons. The summed E-state index contributed by atoms with van der Waals surface area (Å²) < 4.78 is 29.6. The SMILES string of the molecule is CCn1nc(C)c(NS(=O)(=O)c2ccc(CC(C)C)cc2)c1C. The predicted octanol–water partition coefficient (Wildman–Crippen LogP) is 3.52. The molecule has 6 heteroatoms. The van der Waals surface area contributed by atoms with Crippen molar-refractivity contribution in [2.75, 3.05) is 4.72 Å². The van der Waals surface area contributed by atoms with E-state index in [2.05, 4.69) is 23.7 Å². The zero-order valence-corrected chi connectivity index (χ0v) is 15.2. The van der Waals surface area contributed by atoms with Crippen LogP contribution in [0.1, 0.15) is 37.7 Å². The van der Waals surface area contributed by atoms with E-state index in [1.54, 1.807) is 16.8 Å². The summed E-state index contributed by atoms with van der Waals surface area (Å²) in [7, 11) is -3.60. The highest BCUT2D eigenvalue weighted by Gasteiger charge is 2.19. The van der Waals surface area contributed by atoms with Crippen LogP contribution in [0.5, 0.6) is 0 Å². The quantitative estimate of drug-likeness (QED) is 0.878. The van der Waals surface area contributed by atoms with Gasteiger partial charge in [0.1, 0.15) is 0 Å². The fourth-order valence-electron chi connectivity index (χ4n) is 2.62. The van der Waals surface area contributed by atoms with Crippen LogP contribution in [0.2, 0.25) is 0 Å². The Morgan fingerprint density at radius 3 is 2.26 bits per heavy atom. The van der Waals surface area contributed by atoms with Crippen molar-refractivity contribution in [3.05, 3.63) is 41.2 Å². The fraction of sp³-hybridized carbons (Fsp3) is 0.471. The second kappa shape index (κ2) is 6.74. The topological polar surface area (TPSA) is 64.0 Å². The van der Waals surface area contributed by atoms with Gasteiger partial charge in [-0.3, -0.25) is 9.40 Å². The van der Waals surface area contributed by atoms with Crippen molar-refractivity contribution < 1.29 is 8.42 Å². The molecule has 0 bridgehead atoms. The molecular formula is C17H25N3O2S. The Balaban J connectivity index is 2.27. The summed E-state index contributed by atoms with van der Waals surface area (Å²) in [6, 6.07) is 7.08. The van der Waals surface area contributed by atoms with E-state index in [0.717, 1.165) is 17.7 Å². The Hall–Kier alpha value is -1.82. The van der Waals surface area contributed by atoms with E-state index in [4.69, 9.17) is 0 Å². The van der Waals surface area contributed by atoms with Gasteiger partial charge < -0.3 is 0 Å². The number of benzene rings is 1. The van der Waals surface area contributed by atoms with Crippen molar-refractivity contribution in [3.8, 4) is 0 Å². The van der Waals surface area contributed by atoms with Crippen LogP contribution in [0.15, 0.2) is 29.2 Å². The molecule has 1 heterocycles. The normalized spacial score (nSPS) is 11.9. The molecule has 0 aliphatic rings. The molecule has 2 aromatic rings. The molecular weight excluding hydrogens is 310 g/mol. The Labute approximate surface area is 138 Å². The number of aromatic nitrogens is 2. The summed E-state index contributed by atoms with van der Waals surface area (Å²) in [4.78, 5) is 0.271. The number of nitrogens with one attached hydrogen (secondary N) is 1. The van der Waals surface area contributed by atoms with Gasteiger partial charge in [-0.05, 0) is 50.8 Å². The second-order valence-corrected chi connectivity index (χ2v) is 7.89. The van der Waals surface area contributed by atoms with E-state index in [-0.39, 0.29) is 4.90 Å². The molecule has 1 aromatic heterocycles. The summed E-state index contributed by atoms with van der Waals surface area (Å²) in [5.41, 5.74) is 3.22. The van der Waals surface area contributed by atoms with Crippen molar-refractivity contribution in [2.24, 2.45) is 5.92 Å². The third-order valence-corrected chi connectivity index (χ3v) is 5.16. The number of hydrogen-bond acceptors (Lipinski definition) is 3. The van der Waals surface area contributed by atoms with Crippen LogP contribution < -0.4 is 4.72 Å². The van der Waals surface area contributed by atoms with Gasteiger partial charge in [-0.15, -0.1) is 0 Å². The summed E-state index contributed by atoms with van der Waals surface area (Å²) >= 11 is 0. The van der Waals surface area contributed by atoms with E-state index in [9.17, 15) is 8.42 Å². The van der Waals surface area contributed by atoms with Crippen molar-refractivity contribution in [1.29, 1.82) is 0 Å². The molecule has 0 aliphatic carbocycles. The minimum Gasteiger partial charge on any atom is -0.276 e. The zero-order chi connectivity index (χ0) is 17.2. The van der Waals surface area contributed by atoms with Gasteiger partial charge in [0.05, 0.1) is 22.0 Å². The van der Waals surface area contributed by atoms with Crippen molar-refractivity contribution in [3.63, 3.8) is 0 Å². The maximum atomic E-state index is 12.6. The van der Waals surface area contributed by atoms with Crippen molar-refractivity contribution in [1.82, 2.24) is 9.78 Å². The lowest BCUT2D eigenvalue weighted by atomic mass is 10.0. The number of rotatable bonds is 6. The van der Waals surface area contributed by atoms with E-state index in [1.165, 1.54) is 0 Å². The number of aryl methyl sites for hydroxylation is 2. The van der Waals surface area contributed by atoms with E-state index >= 15 is 0 Å². The van der Waals surface area contributed by atoms with Crippen molar-refractivity contribution >= 4 is 15.7 Å². The molecule has 0 radical (unpaired) electrons. The first-order valence-corrected chi connectivity index (χ1v) is 9.38. The molecule has 0 atom stereocenters. The number of nitrogens with zero attached hydrogens (tertiary/aromatic N) is 2. The molecule has 5 nitrogen and oxygen atoms in total. The van der Waals surface area contributed by atoms with Crippen LogP contribution in [0, 0.1) is 19.8 Å². The molecule has 2 rings (SSSR count). The standard InChI is InChI=1S/C17H25N3O2S/c1-6-20-14(5)17(13(4)18-20)19-23(21,22)16-9-7-15(8-10-16)11-12(2)3/h7-10,12,19H,6,11H2,1-5H3. The average molecular weight is 335 g/mol. The summed E-state index contributed by atoms with van der Waals surface area (Å²) in [5, 5.41) is 4.34. The Morgan fingerprint density at radius 1 is 1.17 bits per heavy atom. The van der Waals surface area contributed by atoms with E-state index < -0.39 is 10.0 Å². The molecule has 0 spiro atoms. The molecule has 0 fully saturated rings. The minimum atomic E-state index is -3.60. The number of hydrogen-bond donors (Lipinski definition) is 1. The third kappa shape index (κ3) is 3.93. The molecule has 0 saturated carbocycles. The highest BCUT2D eigenvalue weighted by molar-refractivity contribution is 7.92. The summed E-state index contributed by atoms with van der Waals surface area (Å²) in [6.07, 6.45) is 0.940. The Morgan fingerprint density at radius 2 is 1.78 bits per heavy atom. The van der Waals surface area contributed by atoms with Crippen LogP contribution in [0.25, 0.3) is 0 Å². The van der Waals surface area contributed by atoms with Gasteiger partial charge in [-0.2, -0.15) is 5.10 Å². The Kier molecular flexibility index (Phi) is 5.14. The van der Waals surface area contributed by atoms with Gasteiger partial charge in [0.2, 0.25) is 0 Å². The summed E-state index contributed by atoms with van der Waals surface area (Å²) in [6.45, 7) is 10.6. The van der Waals surface area contributed by atoms with Gasteiger partial charge in [0.15, 0.2) is 0 Å². The fourth-order valence-corrected chi connectivity index (χ4v) is 3.80. The third-order valence-electron chi connectivity index (χ3n) is 3.80. The molecule has 0 aliphatic heterocycles. The molecule has 1 N–H and O–H groups in total. The molecule has 23 heavy (non-hydrogen) atoms. The van der Waals surface area contributed by atoms with E-state index in [0.29, 0.717) is 23.8 Å². The maximum Gasteiger partial charge on any atom is 0.262 e. The van der Waals surface area contributed by atoms with Gasteiger partial charge in [0.25, 0.3) is 10.0 Å².